The van der Waals surface area contributed by atoms with E-state index in [9.17, 15) is 5.11 Å². The monoisotopic (exact) mass is 334 g/mol. The van der Waals surface area contributed by atoms with Gasteiger partial charge in [-0.25, -0.2) is 9.67 Å². The summed E-state index contributed by atoms with van der Waals surface area (Å²) in [7, 11) is 1.90. The van der Waals surface area contributed by atoms with Crippen LogP contribution in [-0.4, -0.2) is 26.9 Å². The summed E-state index contributed by atoms with van der Waals surface area (Å²) in [5.74, 6) is 1.33. The molecule has 25 heavy (non-hydrogen) atoms. The molecule has 1 aliphatic carbocycles. The van der Waals surface area contributed by atoms with E-state index in [2.05, 4.69) is 39.7 Å². The van der Waals surface area contributed by atoms with Crippen LogP contribution in [0.25, 0.3) is 0 Å². The van der Waals surface area contributed by atoms with Crippen LogP contribution < -0.4 is 5.32 Å². The molecule has 0 fully saturated rings. The van der Waals surface area contributed by atoms with Crippen molar-refractivity contribution in [3.8, 4) is 0 Å². The molecule has 1 atom stereocenters. The highest BCUT2D eigenvalue weighted by atomic mass is 16.3. The average molecular weight is 334 g/mol. The first-order valence-electron chi connectivity index (χ1n) is 8.66. The molecule has 0 spiro atoms. The Morgan fingerprint density at radius 2 is 1.72 bits per heavy atom. The van der Waals surface area contributed by atoms with E-state index in [1.54, 1.807) is 0 Å². The fourth-order valence-corrected chi connectivity index (χ4v) is 3.55. The van der Waals surface area contributed by atoms with E-state index in [0.717, 1.165) is 24.2 Å². The van der Waals surface area contributed by atoms with E-state index >= 15 is 0 Å². The Bertz CT molecular complexity index is 834. The first kappa shape index (κ1) is 16.0. The number of aromatic nitrogens is 3. The van der Waals surface area contributed by atoms with Gasteiger partial charge in [0.25, 0.3) is 0 Å². The van der Waals surface area contributed by atoms with Crippen molar-refractivity contribution < 1.29 is 5.11 Å². The van der Waals surface area contributed by atoms with Gasteiger partial charge in [0.2, 0.25) is 0 Å². The predicted octanol–water partition coefficient (Wildman–Crippen LogP) is 2.42. The zero-order valence-corrected chi connectivity index (χ0v) is 14.3. The maximum Gasteiger partial charge on any atom is 0.184 e. The minimum absolute atomic E-state index is 0.255. The van der Waals surface area contributed by atoms with Crippen molar-refractivity contribution in [2.24, 2.45) is 0 Å². The summed E-state index contributed by atoms with van der Waals surface area (Å²) in [5.41, 5.74) is 3.57. The largest absolute Gasteiger partial charge is 0.380 e. The molecule has 3 aromatic rings. The number of hydrogen-bond acceptors (Lipinski definition) is 4. The van der Waals surface area contributed by atoms with Crippen LogP contribution in [0, 0.1) is 0 Å². The number of nitrogens with one attached hydrogen (secondary N) is 1. The Labute approximate surface area is 147 Å². The Balaban J connectivity index is 1.65. The summed E-state index contributed by atoms with van der Waals surface area (Å²) in [4.78, 5) is 4.62. The summed E-state index contributed by atoms with van der Waals surface area (Å²) in [6.45, 7) is 0.626. The highest BCUT2D eigenvalue weighted by Gasteiger charge is 2.27. The van der Waals surface area contributed by atoms with Gasteiger partial charge in [-0.2, -0.15) is 5.10 Å². The van der Waals surface area contributed by atoms with Gasteiger partial charge in [0.05, 0.1) is 12.6 Å². The molecule has 2 N–H and O–H groups in total. The fourth-order valence-electron chi connectivity index (χ4n) is 3.55. The molecule has 2 aromatic carbocycles. The number of benzene rings is 2. The second-order valence-electron chi connectivity index (χ2n) is 6.51. The van der Waals surface area contributed by atoms with Crippen molar-refractivity contribution in [2.75, 3.05) is 7.05 Å². The third kappa shape index (κ3) is 3.08. The lowest BCUT2D eigenvalue weighted by Crippen LogP contribution is -2.18. The Hall–Kier alpha value is -2.50. The van der Waals surface area contributed by atoms with Crippen LogP contribution in [-0.2, 0) is 19.4 Å². The summed E-state index contributed by atoms with van der Waals surface area (Å²) in [6.07, 6.45) is 1.11. The van der Waals surface area contributed by atoms with Crippen LogP contribution in [0.1, 0.15) is 40.5 Å². The van der Waals surface area contributed by atoms with E-state index in [-0.39, 0.29) is 6.04 Å². The Morgan fingerprint density at radius 1 is 1.08 bits per heavy atom. The van der Waals surface area contributed by atoms with Gasteiger partial charge >= 0.3 is 0 Å². The smallest absolute Gasteiger partial charge is 0.184 e. The minimum atomic E-state index is -0.804. The highest BCUT2D eigenvalue weighted by Crippen LogP contribution is 2.31. The Morgan fingerprint density at radius 3 is 2.36 bits per heavy atom. The molecule has 0 unspecified atom stereocenters. The van der Waals surface area contributed by atoms with E-state index < -0.39 is 6.10 Å². The van der Waals surface area contributed by atoms with Crippen molar-refractivity contribution >= 4 is 0 Å². The van der Waals surface area contributed by atoms with Crippen molar-refractivity contribution in [1.82, 2.24) is 20.1 Å². The standard InChI is InChI=1S/C20H22N4O/c1-21-13-18-22-20(19(25)14-7-3-2-4-8-14)23-24(18)17-11-15-9-5-6-10-16(15)12-17/h2-10,17,19,21,25H,11-13H2,1H3/t19-/m0/s1. The Kier molecular flexibility index (Phi) is 4.34. The molecule has 128 valence electrons. The lowest BCUT2D eigenvalue weighted by molar-refractivity contribution is 0.209. The van der Waals surface area contributed by atoms with E-state index in [1.807, 2.05) is 42.1 Å². The second-order valence-corrected chi connectivity index (χ2v) is 6.51. The average Bonchev–Trinajstić information content (AvgIpc) is 3.26. The summed E-state index contributed by atoms with van der Waals surface area (Å²) in [5, 5.41) is 18.5. The zero-order valence-electron chi connectivity index (χ0n) is 14.3. The molecule has 1 heterocycles. The van der Waals surface area contributed by atoms with E-state index in [0.29, 0.717) is 12.4 Å². The van der Waals surface area contributed by atoms with E-state index in [4.69, 9.17) is 0 Å². The highest BCUT2D eigenvalue weighted by molar-refractivity contribution is 5.33. The second kappa shape index (κ2) is 6.78. The lowest BCUT2D eigenvalue weighted by atomic mass is 10.1. The van der Waals surface area contributed by atoms with Crippen molar-refractivity contribution in [2.45, 2.75) is 31.5 Å². The van der Waals surface area contributed by atoms with Crippen LogP contribution in [0.3, 0.4) is 0 Å². The molecule has 0 amide bonds. The van der Waals surface area contributed by atoms with Crippen molar-refractivity contribution in [1.29, 1.82) is 0 Å². The van der Waals surface area contributed by atoms with Crippen LogP contribution in [0.2, 0.25) is 0 Å². The summed E-state index contributed by atoms with van der Waals surface area (Å²) < 4.78 is 2.00. The number of fused-ring (bicyclic) bond motifs is 1. The molecular weight excluding hydrogens is 312 g/mol. The maximum absolute atomic E-state index is 10.7. The van der Waals surface area contributed by atoms with Gasteiger partial charge in [-0.3, -0.25) is 0 Å². The SMILES string of the molecule is CNCc1nc([C@@H](O)c2ccccc2)nn1C1Cc2ccccc2C1. The normalized spacial score (nSPS) is 15.3. The van der Waals surface area contributed by atoms with Gasteiger partial charge in [0.1, 0.15) is 11.9 Å². The molecule has 0 saturated carbocycles. The molecule has 4 rings (SSSR count). The first-order chi connectivity index (χ1) is 12.3. The van der Waals surface area contributed by atoms with Gasteiger partial charge in [-0.05, 0) is 36.6 Å². The third-order valence-corrected chi connectivity index (χ3v) is 4.79. The van der Waals surface area contributed by atoms with Crippen LogP contribution in [0.15, 0.2) is 54.6 Å². The van der Waals surface area contributed by atoms with Gasteiger partial charge in [-0.15, -0.1) is 0 Å². The van der Waals surface area contributed by atoms with Gasteiger partial charge in [0, 0.05) is 0 Å². The number of nitrogens with zero attached hydrogens (tertiary/aromatic N) is 3. The lowest BCUT2D eigenvalue weighted by Gasteiger charge is -2.12. The molecule has 0 aliphatic heterocycles. The number of rotatable bonds is 5. The maximum atomic E-state index is 10.7. The molecule has 1 aromatic heterocycles. The van der Waals surface area contributed by atoms with Crippen LogP contribution in [0.5, 0.6) is 0 Å². The minimum Gasteiger partial charge on any atom is -0.380 e. The van der Waals surface area contributed by atoms with Crippen molar-refractivity contribution in [3.63, 3.8) is 0 Å². The van der Waals surface area contributed by atoms with E-state index in [1.165, 1.54) is 11.1 Å². The first-order valence-corrected chi connectivity index (χ1v) is 8.66. The third-order valence-electron chi connectivity index (χ3n) is 4.79. The quantitative estimate of drug-likeness (QED) is 0.752. The van der Waals surface area contributed by atoms with Crippen molar-refractivity contribution in [3.05, 3.63) is 82.9 Å². The molecule has 0 bridgehead atoms. The summed E-state index contributed by atoms with van der Waals surface area (Å²) in [6, 6.07) is 18.4. The van der Waals surface area contributed by atoms with Gasteiger partial charge in [-0.1, -0.05) is 54.6 Å². The van der Waals surface area contributed by atoms with Crippen LogP contribution in [0.4, 0.5) is 0 Å². The predicted molar refractivity (Wildman–Crippen MR) is 96.2 cm³/mol. The number of hydrogen-bond donors (Lipinski definition) is 2. The topological polar surface area (TPSA) is 63.0 Å². The molecule has 1 aliphatic rings. The number of aliphatic hydroxyl groups excluding tert-OH is 1. The van der Waals surface area contributed by atoms with Crippen LogP contribution >= 0.6 is 0 Å². The fraction of sp³-hybridized carbons (Fsp3) is 0.300. The summed E-state index contributed by atoms with van der Waals surface area (Å²) >= 11 is 0. The zero-order chi connectivity index (χ0) is 17.2. The molecule has 5 heteroatoms. The molecule has 0 radical (unpaired) electrons. The number of aliphatic hydroxyl groups is 1. The molecule has 5 nitrogen and oxygen atoms in total. The molecular formula is C20H22N4O. The van der Waals surface area contributed by atoms with Gasteiger partial charge < -0.3 is 10.4 Å². The molecule has 0 saturated heterocycles. The van der Waals surface area contributed by atoms with Gasteiger partial charge in [0.15, 0.2) is 5.82 Å².